The number of benzene rings is 2. The molecule has 1 unspecified atom stereocenters. The molecule has 2 aromatic carbocycles. The maximum atomic E-state index is 13.0. The summed E-state index contributed by atoms with van der Waals surface area (Å²) in [6.45, 7) is 4.53. The molecular weight excluding hydrogens is 411 g/mol. The summed E-state index contributed by atoms with van der Waals surface area (Å²) in [7, 11) is 0. The summed E-state index contributed by atoms with van der Waals surface area (Å²) in [6.07, 6.45) is 0.824. The van der Waals surface area contributed by atoms with Crippen molar-refractivity contribution >= 4 is 35.2 Å². The van der Waals surface area contributed by atoms with Gasteiger partial charge in [0.2, 0.25) is 11.8 Å². The zero-order valence-electron chi connectivity index (χ0n) is 16.7. The van der Waals surface area contributed by atoms with E-state index in [9.17, 15) is 14.0 Å². The second-order valence-electron chi connectivity index (χ2n) is 6.70. The van der Waals surface area contributed by atoms with E-state index < -0.39 is 6.04 Å². The van der Waals surface area contributed by atoms with Gasteiger partial charge in [-0.25, -0.2) is 4.39 Å². The molecule has 0 aromatic heterocycles. The fraction of sp³-hybridized carbons (Fsp3) is 0.364. The molecule has 0 bridgehead atoms. The van der Waals surface area contributed by atoms with Gasteiger partial charge in [-0.2, -0.15) is 0 Å². The highest BCUT2D eigenvalue weighted by Gasteiger charge is 2.26. The van der Waals surface area contributed by atoms with Crippen LogP contribution in [0, 0.1) is 5.82 Å². The second kappa shape index (κ2) is 11.8. The molecule has 156 valence electrons. The maximum absolute atomic E-state index is 13.0. The van der Waals surface area contributed by atoms with E-state index >= 15 is 0 Å². The van der Waals surface area contributed by atoms with Gasteiger partial charge >= 0.3 is 0 Å². The first-order valence-corrected chi connectivity index (χ1v) is 11.1. The van der Waals surface area contributed by atoms with E-state index in [4.69, 9.17) is 11.6 Å². The zero-order valence-corrected chi connectivity index (χ0v) is 18.2. The topological polar surface area (TPSA) is 49.4 Å². The van der Waals surface area contributed by atoms with Crippen molar-refractivity contribution in [2.75, 3.05) is 12.3 Å². The van der Waals surface area contributed by atoms with E-state index in [0.29, 0.717) is 17.3 Å². The summed E-state index contributed by atoms with van der Waals surface area (Å²) in [5.74, 6) is 0.190. The van der Waals surface area contributed by atoms with Crippen LogP contribution in [0.4, 0.5) is 4.39 Å². The molecule has 0 aliphatic carbocycles. The average molecular weight is 437 g/mol. The van der Waals surface area contributed by atoms with Gasteiger partial charge in [-0.3, -0.25) is 9.59 Å². The Morgan fingerprint density at radius 3 is 2.52 bits per heavy atom. The molecule has 7 heteroatoms. The molecule has 29 heavy (non-hydrogen) atoms. The van der Waals surface area contributed by atoms with Crippen molar-refractivity contribution in [1.29, 1.82) is 0 Å². The maximum Gasteiger partial charge on any atom is 0.242 e. The molecule has 0 fully saturated rings. The number of carbonyl (C=O) groups excluding carboxylic acids is 2. The Balaban J connectivity index is 2.05. The zero-order chi connectivity index (χ0) is 21.2. The van der Waals surface area contributed by atoms with Crippen molar-refractivity contribution < 1.29 is 14.0 Å². The third-order valence-corrected chi connectivity index (χ3v) is 5.78. The second-order valence-corrected chi connectivity index (χ2v) is 8.09. The Morgan fingerprint density at radius 2 is 1.86 bits per heavy atom. The summed E-state index contributed by atoms with van der Waals surface area (Å²) in [4.78, 5) is 27.0. The lowest BCUT2D eigenvalue weighted by atomic mass is 10.1. The number of nitrogens with zero attached hydrogens (tertiary/aromatic N) is 1. The van der Waals surface area contributed by atoms with Crippen LogP contribution >= 0.6 is 23.4 Å². The van der Waals surface area contributed by atoms with E-state index in [0.717, 1.165) is 17.5 Å². The van der Waals surface area contributed by atoms with Gasteiger partial charge < -0.3 is 10.2 Å². The van der Waals surface area contributed by atoms with E-state index in [-0.39, 0.29) is 29.9 Å². The third-order valence-electron chi connectivity index (χ3n) is 4.42. The van der Waals surface area contributed by atoms with E-state index in [2.05, 4.69) is 5.32 Å². The van der Waals surface area contributed by atoms with Crippen molar-refractivity contribution in [1.82, 2.24) is 10.2 Å². The van der Waals surface area contributed by atoms with Crippen LogP contribution in [0.15, 0.2) is 48.5 Å². The number of hydrogen-bond acceptors (Lipinski definition) is 3. The van der Waals surface area contributed by atoms with Crippen molar-refractivity contribution in [2.24, 2.45) is 0 Å². The van der Waals surface area contributed by atoms with Gasteiger partial charge in [-0.1, -0.05) is 48.9 Å². The van der Waals surface area contributed by atoms with Gasteiger partial charge in [0.25, 0.3) is 0 Å². The van der Waals surface area contributed by atoms with Gasteiger partial charge in [0.15, 0.2) is 0 Å². The summed E-state index contributed by atoms with van der Waals surface area (Å²) in [6, 6.07) is 12.9. The third kappa shape index (κ3) is 7.37. The average Bonchev–Trinajstić information content (AvgIpc) is 2.72. The van der Waals surface area contributed by atoms with Gasteiger partial charge in [0, 0.05) is 23.9 Å². The van der Waals surface area contributed by atoms with Crippen LogP contribution in [0.2, 0.25) is 5.02 Å². The van der Waals surface area contributed by atoms with Crippen LogP contribution in [-0.2, 0) is 21.9 Å². The largest absolute Gasteiger partial charge is 0.354 e. The van der Waals surface area contributed by atoms with Gasteiger partial charge in [0.05, 0.1) is 5.75 Å². The lowest BCUT2D eigenvalue weighted by Crippen LogP contribution is -2.48. The predicted molar refractivity (Wildman–Crippen MR) is 117 cm³/mol. The molecule has 1 N–H and O–H groups in total. The fourth-order valence-corrected chi connectivity index (χ4v) is 3.77. The highest BCUT2D eigenvalue weighted by molar-refractivity contribution is 7.99. The lowest BCUT2D eigenvalue weighted by molar-refractivity contribution is -0.138. The van der Waals surface area contributed by atoms with Crippen molar-refractivity contribution in [3.8, 4) is 0 Å². The minimum Gasteiger partial charge on any atom is -0.354 e. The fourth-order valence-electron chi connectivity index (χ4n) is 2.71. The van der Waals surface area contributed by atoms with Crippen molar-refractivity contribution in [3.63, 3.8) is 0 Å². The molecule has 0 aliphatic rings. The number of amides is 2. The summed E-state index contributed by atoms with van der Waals surface area (Å²) < 4.78 is 13.0. The first kappa shape index (κ1) is 23.2. The molecule has 2 aromatic rings. The van der Waals surface area contributed by atoms with Crippen LogP contribution in [0.3, 0.4) is 0 Å². The molecule has 0 radical (unpaired) electrons. The predicted octanol–water partition coefficient (Wildman–Crippen LogP) is 4.66. The minimum absolute atomic E-state index is 0.142. The van der Waals surface area contributed by atoms with Crippen molar-refractivity contribution in [3.05, 3.63) is 70.5 Å². The SMILES string of the molecule is CCCNC(=O)C(C)N(Cc1ccccc1Cl)C(=O)CSCc1ccc(F)cc1. The van der Waals surface area contributed by atoms with Crippen LogP contribution < -0.4 is 5.32 Å². The number of halogens is 2. The Morgan fingerprint density at radius 1 is 1.17 bits per heavy atom. The molecule has 2 amide bonds. The molecule has 0 heterocycles. The summed E-state index contributed by atoms with van der Waals surface area (Å²) >= 11 is 7.70. The molecule has 0 aliphatic heterocycles. The highest BCUT2D eigenvalue weighted by atomic mass is 35.5. The molecule has 0 saturated heterocycles. The van der Waals surface area contributed by atoms with E-state index in [1.54, 1.807) is 30.0 Å². The Kier molecular flexibility index (Phi) is 9.48. The first-order valence-electron chi connectivity index (χ1n) is 9.55. The monoisotopic (exact) mass is 436 g/mol. The highest BCUT2D eigenvalue weighted by Crippen LogP contribution is 2.20. The molecule has 4 nitrogen and oxygen atoms in total. The Bertz CT molecular complexity index is 817. The number of rotatable bonds is 10. The van der Waals surface area contributed by atoms with Gasteiger partial charge in [-0.05, 0) is 42.7 Å². The van der Waals surface area contributed by atoms with E-state index in [1.165, 1.54) is 23.9 Å². The minimum atomic E-state index is -0.614. The molecule has 0 saturated carbocycles. The van der Waals surface area contributed by atoms with Gasteiger partial charge in [0.1, 0.15) is 11.9 Å². The van der Waals surface area contributed by atoms with E-state index in [1.807, 2.05) is 25.1 Å². The molecule has 1 atom stereocenters. The first-order chi connectivity index (χ1) is 13.9. The normalized spacial score (nSPS) is 11.7. The quantitative estimate of drug-likeness (QED) is 0.589. The summed E-state index contributed by atoms with van der Waals surface area (Å²) in [5.41, 5.74) is 1.73. The Hall–Kier alpha value is -2.05. The number of carbonyl (C=O) groups is 2. The lowest BCUT2D eigenvalue weighted by Gasteiger charge is -2.29. The number of thioether (sulfide) groups is 1. The standard InChI is InChI=1S/C22H26ClFN2O2S/c1-3-12-25-22(28)16(2)26(13-18-6-4-5-7-20(18)23)21(27)15-29-14-17-8-10-19(24)11-9-17/h4-11,16H,3,12-15H2,1-2H3,(H,25,28). The number of nitrogens with one attached hydrogen (secondary N) is 1. The molecule has 2 rings (SSSR count). The van der Waals surface area contributed by atoms with Crippen LogP contribution in [-0.4, -0.2) is 35.1 Å². The van der Waals surface area contributed by atoms with Crippen LogP contribution in [0.1, 0.15) is 31.4 Å². The number of hydrogen-bond donors (Lipinski definition) is 1. The smallest absolute Gasteiger partial charge is 0.242 e. The summed E-state index contributed by atoms with van der Waals surface area (Å²) in [5, 5.41) is 3.41. The molecular formula is C22H26ClFN2O2S. The van der Waals surface area contributed by atoms with Gasteiger partial charge in [-0.15, -0.1) is 11.8 Å². The Labute approximate surface area is 180 Å². The van der Waals surface area contributed by atoms with Crippen LogP contribution in [0.25, 0.3) is 0 Å². The van der Waals surface area contributed by atoms with Crippen LogP contribution in [0.5, 0.6) is 0 Å². The molecule has 0 spiro atoms. The van der Waals surface area contributed by atoms with Crippen molar-refractivity contribution in [2.45, 2.75) is 38.6 Å².